The zero-order valence-corrected chi connectivity index (χ0v) is 21.8. The van der Waals surface area contributed by atoms with Gasteiger partial charge in [0.2, 0.25) is 0 Å². The zero-order chi connectivity index (χ0) is 25.2. The maximum absolute atomic E-state index is 14.2. The largest absolute Gasteiger partial charge is 0.394 e. The maximum atomic E-state index is 14.2. The van der Waals surface area contributed by atoms with Crippen molar-refractivity contribution in [2.75, 3.05) is 13.2 Å². The van der Waals surface area contributed by atoms with Gasteiger partial charge in [0.15, 0.2) is 19.0 Å². The molecule has 1 aliphatic heterocycles. The molecule has 2 aromatic rings. The molecule has 2 aromatic heterocycles. The Bertz CT molecular complexity index is 1140. The molecule has 1 fully saturated rings. The Morgan fingerprint density at radius 2 is 2.00 bits per heavy atom. The fourth-order valence-corrected chi connectivity index (χ4v) is 8.50. The third kappa shape index (κ3) is 4.57. The molecule has 0 spiro atoms. The molecule has 0 amide bonds. The first-order valence-corrected chi connectivity index (χ1v) is 13.7. The lowest BCUT2D eigenvalue weighted by atomic mass is 10.1. The van der Waals surface area contributed by atoms with Crippen LogP contribution in [0.2, 0.25) is 0 Å². The third-order valence-corrected chi connectivity index (χ3v) is 10.9. The van der Waals surface area contributed by atoms with E-state index >= 15 is 0 Å². The summed E-state index contributed by atoms with van der Waals surface area (Å²) >= 11 is 0. The number of rotatable bonds is 10. The van der Waals surface area contributed by atoms with E-state index in [9.17, 15) is 19.7 Å². The second kappa shape index (κ2) is 10.6. The lowest BCUT2D eigenvalue weighted by Crippen LogP contribution is -2.43. The van der Waals surface area contributed by atoms with Gasteiger partial charge in [0.05, 0.1) is 24.5 Å². The Morgan fingerprint density at radius 1 is 1.32 bits per heavy atom. The molecule has 11 nitrogen and oxygen atoms in total. The summed E-state index contributed by atoms with van der Waals surface area (Å²) in [7, 11) is -1.23. The van der Waals surface area contributed by atoms with Crippen molar-refractivity contribution in [1.82, 2.24) is 29.4 Å². The minimum absolute atomic E-state index is 0.144. The van der Waals surface area contributed by atoms with Crippen LogP contribution in [0.3, 0.4) is 0 Å². The monoisotopic (exact) mass is 493 g/mol. The molecule has 0 aromatic carbocycles. The lowest BCUT2D eigenvalue weighted by molar-refractivity contribution is -0.0396. The van der Waals surface area contributed by atoms with Crippen molar-refractivity contribution in [3.05, 3.63) is 16.0 Å². The summed E-state index contributed by atoms with van der Waals surface area (Å²) in [5.74, 6) is 0. The number of aliphatic hydroxyl groups excluding tert-OH is 1. The molecule has 0 aliphatic carbocycles. The molecule has 0 radical (unpaired) electrons. The Labute approximate surface area is 200 Å². The van der Waals surface area contributed by atoms with Crippen LogP contribution in [0.1, 0.15) is 65.8 Å². The van der Waals surface area contributed by atoms with E-state index in [1.807, 2.05) is 39.3 Å². The van der Waals surface area contributed by atoms with Gasteiger partial charge in [0.1, 0.15) is 5.52 Å². The second-order valence-corrected chi connectivity index (χ2v) is 13.3. The van der Waals surface area contributed by atoms with Gasteiger partial charge >= 0.3 is 0 Å². The molecule has 3 rings (SSSR count). The number of nitriles is 1. The van der Waals surface area contributed by atoms with Crippen LogP contribution in [-0.2, 0) is 22.8 Å². The van der Waals surface area contributed by atoms with Gasteiger partial charge in [-0.25, -0.2) is 4.67 Å². The third-order valence-electron chi connectivity index (χ3n) is 6.60. The average molecular weight is 494 g/mol. The van der Waals surface area contributed by atoms with Crippen LogP contribution in [-0.4, -0.2) is 71.2 Å². The number of aryl methyl sites for hydroxylation is 2. The highest BCUT2D eigenvalue weighted by Gasteiger charge is 2.48. The first-order valence-electron chi connectivity index (χ1n) is 11.9. The highest BCUT2D eigenvalue weighted by atomic mass is 31.2. The summed E-state index contributed by atoms with van der Waals surface area (Å²) in [6, 6.07) is 1.70. The molecule has 1 saturated heterocycles. The molecule has 1 N–H and O–H groups in total. The Balaban J connectivity index is 2.03. The number of ether oxygens (including phenoxy) is 1. The fourth-order valence-electron chi connectivity index (χ4n) is 5.00. The molecule has 188 valence electrons. The number of aliphatic hydroxyl groups is 1. The van der Waals surface area contributed by atoms with Gasteiger partial charge in [-0.1, -0.05) is 46.3 Å². The number of aromatic nitrogens is 5. The summed E-state index contributed by atoms with van der Waals surface area (Å²) in [6.45, 7) is 9.69. The van der Waals surface area contributed by atoms with Gasteiger partial charge in [-0.05, 0) is 6.42 Å². The molecule has 1 aliphatic rings. The van der Waals surface area contributed by atoms with Crippen molar-refractivity contribution in [3.63, 3.8) is 0 Å². The number of hydrogen-bond acceptors (Lipinski definition) is 8. The van der Waals surface area contributed by atoms with E-state index in [0.717, 1.165) is 12.1 Å². The lowest BCUT2D eigenvalue weighted by Gasteiger charge is -2.41. The van der Waals surface area contributed by atoms with Crippen molar-refractivity contribution in [2.45, 2.75) is 90.0 Å². The predicted molar refractivity (Wildman–Crippen MR) is 129 cm³/mol. The molecule has 0 bridgehead atoms. The average Bonchev–Trinajstić information content (AvgIpc) is 3.35. The molecule has 3 heterocycles. The highest BCUT2D eigenvalue weighted by molar-refractivity contribution is 7.62. The molecule has 34 heavy (non-hydrogen) atoms. The predicted octanol–water partition coefficient (Wildman–Crippen LogP) is 2.44. The summed E-state index contributed by atoms with van der Waals surface area (Å²) in [5.41, 5.74) is 0.905. The highest BCUT2D eigenvalue weighted by Crippen LogP contribution is 2.60. The molecular weight excluding hydrogens is 457 g/mol. The molecule has 3 atom stereocenters. The Morgan fingerprint density at radius 3 is 2.56 bits per heavy atom. The van der Waals surface area contributed by atoms with E-state index < -0.39 is 25.7 Å². The van der Waals surface area contributed by atoms with Crippen molar-refractivity contribution in [1.29, 1.82) is 5.26 Å². The zero-order valence-electron chi connectivity index (χ0n) is 20.9. The normalized spacial score (nSPS) is 21.3. The van der Waals surface area contributed by atoms with E-state index in [2.05, 4.69) is 21.5 Å². The minimum Gasteiger partial charge on any atom is -0.394 e. The summed E-state index contributed by atoms with van der Waals surface area (Å²) in [5, 5.41) is 32.2. The quantitative estimate of drug-likeness (QED) is 0.494. The topological polar surface area (TPSA) is 139 Å². The minimum atomic E-state index is -2.93. The van der Waals surface area contributed by atoms with Crippen molar-refractivity contribution in [3.8, 4) is 6.07 Å². The molecule has 3 unspecified atom stereocenters. The Kier molecular flexibility index (Phi) is 8.30. The van der Waals surface area contributed by atoms with Crippen molar-refractivity contribution < 1.29 is 14.4 Å². The van der Waals surface area contributed by atoms with Crippen LogP contribution in [0.5, 0.6) is 0 Å². The SMILES string of the molecule is CCCc1nn(C)c2c(=O)n(C3CC(N(CCC#N)P(=O)(C(C)C)C(C)C)C(CO)O3)nnc12. The van der Waals surface area contributed by atoms with Gasteiger partial charge < -0.3 is 14.4 Å². The fraction of sp³-hybridized carbons (Fsp3) is 0.773. The standard InChI is InChI=1S/C22H36N7O4P/c1-7-9-16-20-21(27(6)25-16)22(31)29(26-24-20)19-12-17(18(13-30)33-19)28(11-8-10-23)34(32,14(2)3)15(4)5/h14-15,17-19,30H,7-9,11-13H2,1-6H3. The van der Waals surface area contributed by atoms with Crippen LogP contribution in [0.25, 0.3) is 11.0 Å². The van der Waals surface area contributed by atoms with Gasteiger partial charge in [0.25, 0.3) is 5.56 Å². The van der Waals surface area contributed by atoms with Gasteiger partial charge in [-0.3, -0.25) is 9.48 Å². The molecule has 12 heteroatoms. The number of hydrogen-bond donors (Lipinski definition) is 1. The van der Waals surface area contributed by atoms with Crippen LogP contribution >= 0.6 is 7.29 Å². The van der Waals surface area contributed by atoms with E-state index in [1.165, 1.54) is 9.36 Å². The first kappa shape index (κ1) is 26.5. The summed E-state index contributed by atoms with van der Waals surface area (Å²) < 4.78 is 24.9. The Hall–Kier alpha value is -2.12. The van der Waals surface area contributed by atoms with Crippen LogP contribution in [0, 0.1) is 11.3 Å². The van der Waals surface area contributed by atoms with Crippen molar-refractivity contribution >= 4 is 18.3 Å². The second-order valence-electron chi connectivity index (χ2n) is 9.40. The van der Waals surface area contributed by atoms with E-state index in [-0.39, 0.29) is 29.9 Å². The van der Waals surface area contributed by atoms with Gasteiger partial charge in [0, 0.05) is 43.8 Å². The van der Waals surface area contributed by atoms with Gasteiger partial charge in [-0.15, -0.1) is 5.10 Å². The summed E-state index contributed by atoms with van der Waals surface area (Å²) in [6.07, 6.45) is 0.586. The van der Waals surface area contributed by atoms with E-state index in [0.29, 0.717) is 30.4 Å². The van der Waals surface area contributed by atoms with Crippen LogP contribution in [0.4, 0.5) is 0 Å². The molecular formula is C22H36N7O4P. The van der Waals surface area contributed by atoms with E-state index in [4.69, 9.17) is 4.74 Å². The van der Waals surface area contributed by atoms with Crippen LogP contribution < -0.4 is 5.56 Å². The number of nitrogens with zero attached hydrogens (tertiary/aromatic N) is 7. The summed E-state index contributed by atoms with van der Waals surface area (Å²) in [4.78, 5) is 13.4. The first-order chi connectivity index (χ1) is 16.1. The molecule has 0 saturated carbocycles. The number of fused-ring (bicyclic) bond motifs is 1. The smallest absolute Gasteiger partial charge is 0.298 e. The van der Waals surface area contributed by atoms with E-state index in [1.54, 1.807) is 7.05 Å². The van der Waals surface area contributed by atoms with Gasteiger partial charge in [-0.2, -0.15) is 15.0 Å². The maximum Gasteiger partial charge on any atom is 0.298 e. The van der Waals surface area contributed by atoms with Crippen molar-refractivity contribution in [2.24, 2.45) is 7.05 Å². The van der Waals surface area contributed by atoms with Crippen LogP contribution in [0.15, 0.2) is 4.79 Å².